The normalized spacial score (nSPS) is 20.1. The molecule has 0 spiro atoms. The molecule has 2 amide bonds. The van der Waals surface area contributed by atoms with Crippen molar-refractivity contribution in [1.29, 1.82) is 0 Å². The fraction of sp³-hybridized carbons (Fsp3) is 0.500. The minimum absolute atomic E-state index is 0.182. The van der Waals surface area contributed by atoms with Gasteiger partial charge in [0, 0.05) is 38.9 Å². The van der Waals surface area contributed by atoms with Gasteiger partial charge in [-0.15, -0.1) is 0 Å². The van der Waals surface area contributed by atoms with Gasteiger partial charge in [0.2, 0.25) is 0 Å². The number of nitrogens with zero attached hydrogens (tertiary/aromatic N) is 5. The number of morpholine rings is 1. The first-order valence-electron chi connectivity index (χ1n) is 8.77. The number of rotatable bonds is 4. The molecule has 2 unspecified atom stereocenters. The van der Waals surface area contributed by atoms with E-state index in [1.54, 1.807) is 29.0 Å². The third-order valence-electron chi connectivity index (χ3n) is 4.27. The molecule has 0 saturated carbocycles. The number of carbonyl (C=O) groups is 1. The van der Waals surface area contributed by atoms with Crippen LogP contribution in [0.3, 0.4) is 0 Å². The van der Waals surface area contributed by atoms with Gasteiger partial charge in [0.1, 0.15) is 5.82 Å². The van der Waals surface area contributed by atoms with E-state index >= 15 is 0 Å². The zero-order chi connectivity index (χ0) is 18.7. The predicted molar refractivity (Wildman–Crippen MR) is 100 cm³/mol. The Morgan fingerprint density at radius 2 is 2.04 bits per heavy atom. The number of hydrogen-bond acceptors (Lipinski definition) is 5. The molecule has 1 aliphatic heterocycles. The van der Waals surface area contributed by atoms with Crippen LogP contribution in [-0.2, 0) is 18.3 Å². The van der Waals surface area contributed by atoms with E-state index in [1.165, 1.54) is 0 Å². The Balaban J connectivity index is 1.57. The third kappa shape index (κ3) is 4.51. The molecule has 2 aromatic rings. The van der Waals surface area contributed by atoms with Crippen LogP contribution in [0.15, 0.2) is 30.7 Å². The van der Waals surface area contributed by atoms with Crippen molar-refractivity contribution in [3.05, 3.63) is 36.3 Å². The van der Waals surface area contributed by atoms with Crippen LogP contribution in [0.5, 0.6) is 0 Å². The maximum atomic E-state index is 12.3. The van der Waals surface area contributed by atoms with Gasteiger partial charge in [-0.05, 0) is 26.0 Å². The highest BCUT2D eigenvalue weighted by atomic mass is 16.5. The summed E-state index contributed by atoms with van der Waals surface area (Å²) >= 11 is 0. The summed E-state index contributed by atoms with van der Waals surface area (Å²) in [4.78, 5) is 20.6. The summed E-state index contributed by atoms with van der Waals surface area (Å²) < 4.78 is 7.47. The lowest BCUT2D eigenvalue weighted by atomic mass is 10.2. The Kier molecular flexibility index (Phi) is 5.41. The van der Waals surface area contributed by atoms with E-state index in [0.717, 1.165) is 24.5 Å². The molecule has 2 aromatic heterocycles. The van der Waals surface area contributed by atoms with E-state index in [1.807, 2.05) is 25.4 Å². The number of carbonyl (C=O) groups excluding carboxylic acids is 1. The van der Waals surface area contributed by atoms with E-state index in [0.29, 0.717) is 12.2 Å². The van der Waals surface area contributed by atoms with Gasteiger partial charge in [0.05, 0.1) is 36.8 Å². The fourth-order valence-corrected chi connectivity index (χ4v) is 3.13. The molecule has 1 saturated heterocycles. The van der Waals surface area contributed by atoms with Gasteiger partial charge in [-0.2, -0.15) is 5.10 Å². The zero-order valence-corrected chi connectivity index (χ0v) is 15.7. The van der Waals surface area contributed by atoms with Crippen molar-refractivity contribution in [3.63, 3.8) is 0 Å². The van der Waals surface area contributed by atoms with Crippen molar-refractivity contribution in [1.82, 2.24) is 19.7 Å². The molecule has 1 aliphatic rings. The molecular weight excluding hydrogens is 332 g/mol. The molecule has 8 heteroatoms. The summed E-state index contributed by atoms with van der Waals surface area (Å²) in [5.41, 5.74) is 1.65. The van der Waals surface area contributed by atoms with E-state index in [2.05, 4.69) is 34.1 Å². The Hall–Kier alpha value is -2.61. The minimum Gasteiger partial charge on any atom is -0.372 e. The third-order valence-corrected chi connectivity index (χ3v) is 4.27. The van der Waals surface area contributed by atoms with Crippen LogP contribution in [-0.4, -0.2) is 58.0 Å². The minimum atomic E-state index is -0.183. The van der Waals surface area contributed by atoms with E-state index in [4.69, 9.17) is 4.74 Å². The first-order valence-corrected chi connectivity index (χ1v) is 8.77. The molecule has 0 aromatic carbocycles. The predicted octanol–water partition coefficient (Wildman–Crippen LogP) is 2.09. The second-order valence-corrected chi connectivity index (χ2v) is 6.88. The second kappa shape index (κ2) is 7.74. The second-order valence-electron chi connectivity index (χ2n) is 6.88. The standard InChI is InChI=1S/C18H26N6O2/c1-13-9-24(10-14(2)26-13)17-6-5-16(8-19-17)21-18(25)22(3)11-15-7-20-23(4)12-15/h5-8,12-14H,9-11H2,1-4H3,(H,21,25). The van der Waals surface area contributed by atoms with Gasteiger partial charge >= 0.3 is 6.03 Å². The smallest absolute Gasteiger partial charge is 0.321 e. The molecule has 3 heterocycles. The number of hydrogen-bond donors (Lipinski definition) is 1. The molecule has 140 valence electrons. The first-order chi connectivity index (χ1) is 12.4. The summed E-state index contributed by atoms with van der Waals surface area (Å²) in [6, 6.07) is 3.63. The Bertz CT molecular complexity index is 734. The SMILES string of the molecule is CC1CN(c2ccc(NC(=O)N(C)Cc3cnn(C)c3)cn2)CC(C)O1. The van der Waals surface area contributed by atoms with Crippen molar-refractivity contribution < 1.29 is 9.53 Å². The molecule has 0 bridgehead atoms. The summed E-state index contributed by atoms with van der Waals surface area (Å²) in [7, 11) is 3.60. The van der Waals surface area contributed by atoms with Crippen LogP contribution in [0.2, 0.25) is 0 Å². The van der Waals surface area contributed by atoms with Gasteiger partial charge in [-0.3, -0.25) is 4.68 Å². The highest BCUT2D eigenvalue weighted by Crippen LogP contribution is 2.19. The van der Waals surface area contributed by atoms with Crippen molar-refractivity contribution in [2.75, 3.05) is 30.4 Å². The lowest BCUT2D eigenvalue weighted by molar-refractivity contribution is -0.00545. The number of aryl methyl sites for hydroxylation is 1. The highest BCUT2D eigenvalue weighted by molar-refractivity contribution is 5.89. The summed E-state index contributed by atoms with van der Waals surface area (Å²) in [6.07, 6.45) is 5.70. The number of aromatic nitrogens is 3. The first kappa shape index (κ1) is 18.2. The number of amides is 2. The zero-order valence-electron chi connectivity index (χ0n) is 15.7. The average Bonchev–Trinajstić information content (AvgIpc) is 2.99. The van der Waals surface area contributed by atoms with Crippen molar-refractivity contribution in [2.24, 2.45) is 7.05 Å². The Labute approximate surface area is 153 Å². The van der Waals surface area contributed by atoms with Gasteiger partial charge in [-0.25, -0.2) is 9.78 Å². The number of urea groups is 1. The van der Waals surface area contributed by atoms with Crippen molar-refractivity contribution >= 4 is 17.5 Å². The molecule has 0 radical (unpaired) electrons. The van der Waals surface area contributed by atoms with E-state index < -0.39 is 0 Å². The summed E-state index contributed by atoms with van der Waals surface area (Å²) in [5.74, 6) is 0.897. The lowest BCUT2D eigenvalue weighted by Crippen LogP contribution is -2.45. The Morgan fingerprint density at radius 1 is 1.31 bits per heavy atom. The van der Waals surface area contributed by atoms with Crippen LogP contribution in [0.25, 0.3) is 0 Å². The maximum Gasteiger partial charge on any atom is 0.321 e. The quantitative estimate of drug-likeness (QED) is 0.906. The molecule has 8 nitrogen and oxygen atoms in total. The van der Waals surface area contributed by atoms with Gasteiger partial charge in [0.25, 0.3) is 0 Å². The van der Waals surface area contributed by atoms with Crippen molar-refractivity contribution in [2.45, 2.75) is 32.6 Å². The molecule has 2 atom stereocenters. The molecule has 3 rings (SSSR count). The number of pyridine rings is 1. The summed E-state index contributed by atoms with van der Waals surface area (Å²) in [5, 5.41) is 6.98. The van der Waals surface area contributed by atoms with Crippen LogP contribution in [0, 0.1) is 0 Å². The molecule has 26 heavy (non-hydrogen) atoms. The number of ether oxygens (including phenoxy) is 1. The molecule has 1 fully saturated rings. The number of nitrogens with one attached hydrogen (secondary N) is 1. The fourth-order valence-electron chi connectivity index (χ4n) is 3.13. The monoisotopic (exact) mass is 358 g/mol. The average molecular weight is 358 g/mol. The number of anilines is 2. The van der Waals surface area contributed by atoms with Gasteiger partial charge < -0.3 is 19.9 Å². The lowest BCUT2D eigenvalue weighted by Gasteiger charge is -2.36. The van der Waals surface area contributed by atoms with Crippen LogP contribution in [0.1, 0.15) is 19.4 Å². The van der Waals surface area contributed by atoms with Crippen LogP contribution in [0.4, 0.5) is 16.3 Å². The van der Waals surface area contributed by atoms with Gasteiger partial charge in [0.15, 0.2) is 0 Å². The molecule has 1 N–H and O–H groups in total. The van der Waals surface area contributed by atoms with Crippen LogP contribution < -0.4 is 10.2 Å². The van der Waals surface area contributed by atoms with E-state index in [9.17, 15) is 4.79 Å². The summed E-state index contributed by atoms with van der Waals surface area (Å²) in [6.45, 7) is 6.26. The van der Waals surface area contributed by atoms with E-state index in [-0.39, 0.29) is 18.2 Å². The van der Waals surface area contributed by atoms with Gasteiger partial charge in [-0.1, -0.05) is 0 Å². The highest BCUT2D eigenvalue weighted by Gasteiger charge is 2.23. The molecular formula is C18H26N6O2. The van der Waals surface area contributed by atoms with Crippen molar-refractivity contribution in [3.8, 4) is 0 Å². The maximum absolute atomic E-state index is 12.3. The molecule has 0 aliphatic carbocycles. The largest absolute Gasteiger partial charge is 0.372 e. The van der Waals surface area contributed by atoms with Crippen LogP contribution >= 0.6 is 0 Å². The Morgan fingerprint density at radius 3 is 2.62 bits per heavy atom. The topological polar surface area (TPSA) is 75.5 Å².